The summed E-state index contributed by atoms with van der Waals surface area (Å²) < 4.78 is 13.3. The minimum atomic E-state index is -0.132. The van der Waals surface area contributed by atoms with Gasteiger partial charge in [-0.15, -0.1) is 11.8 Å². The third-order valence-electron chi connectivity index (χ3n) is 3.79. The topological polar surface area (TPSA) is 12.0 Å². The zero-order valence-electron chi connectivity index (χ0n) is 11.9. The Balaban J connectivity index is 2.00. The summed E-state index contributed by atoms with van der Waals surface area (Å²) in [7, 11) is 0. The summed E-state index contributed by atoms with van der Waals surface area (Å²) >= 11 is 1.84. The number of halogens is 1. The average Bonchev–Trinajstić information content (AvgIpc) is 2.38. The Morgan fingerprint density at radius 2 is 2.21 bits per heavy atom. The van der Waals surface area contributed by atoms with Gasteiger partial charge in [-0.1, -0.05) is 19.9 Å². The summed E-state index contributed by atoms with van der Waals surface area (Å²) in [4.78, 5) is 1.06. The molecule has 1 saturated carbocycles. The molecule has 0 amide bonds. The first kappa shape index (κ1) is 14.9. The molecule has 0 heterocycles. The van der Waals surface area contributed by atoms with Crippen LogP contribution in [0.2, 0.25) is 0 Å². The van der Waals surface area contributed by atoms with Gasteiger partial charge < -0.3 is 5.32 Å². The van der Waals surface area contributed by atoms with Crippen molar-refractivity contribution in [3.05, 3.63) is 30.1 Å². The molecule has 1 aliphatic rings. The molecular weight excluding hydrogens is 257 g/mol. The van der Waals surface area contributed by atoms with E-state index in [0.717, 1.165) is 17.4 Å². The second kappa shape index (κ2) is 7.30. The first-order valence-corrected chi connectivity index (χ1v) is 8.22. The lowest BCUT2D eigenvalue weighted by Gasteiger charge is -2.35. The van der Waals surface area contributed by atoms with Crippen molar-refractivity contribution in [2.75, 3.05) is 6.54 Å². The van der Waals surface area contributed by atoms with Gasteiger partial charge in [0, 0.05) is 16.2 Å². The third kappa shape index (κ3) is 4.50. The first-order valence-electron chi connectivity index (χ1n) is 7.34. The van der Waals surface area contributed by atoms with Crippen molar-refractivity contribution >= 4 is 11.8 Å². The molecule has 0 aromatic heterocycles. The van der Waals surface area contributed by atoms with Gasteiger partial charge >= 0.3 is 0 Å². The molecule has 1 aromatic carbocycles. The van der Waals surface area contributed by atoms with Crippen LogP contribution in [-0.2, 0) is 0 Å². The van der Waals surface area contributed by atoms with Crippen LogP contribution in [0.5, 0.6) is 0 Å². The molecule has 0 bridgehead atoms. The van der Waals surface area contributed by atoms with Gasteiger partial charge in [-0.25, -0.2) is 4.39 Å². The van der Waals surface area contributed by atoms with E-state index in [4.69, 9.17) is 0 Å². The van der Waals surface area contributed by atoms with Crippen LogP contribution in [0, 0.1) is 11.7 Å². The van der Waals surface area contributed by atoms with E-state index in [1.54, 1.807) is 12.1 Å². The number of hydrogen-bond donors (Lipinski definition) is 1. The van der Waals surface area contributed by atoms with Crippen LogP contribution in [0.25, 0.3) is 0 Å². The summed E-state index contributed by atoms with van der Waals surface area (Å²) in [6.45, 7) is 5.61. The lowest BCUT2D eigenvalue weighted by atomic mass is 9.87. The van der Waals surface area contributed by atoms with E-state index < -0.39 is 0 Å². The van der Waals surface area contributed by atoms with E-state index in [1.807, 2.05) is 17.8 Å². The van der Waals surface area contributed by atoms with Gasteiger partial charge in [0.2, 0.25) is 0 Å². The number of nitrogens with one attached hydrogen (secondary N) is 1. The highest BCUT2D eigenvalue weighted by Gasteiger charge is 2.28. The Bertz CT molecular complexity index is 394. The standard InChI is InChI=1S/C16H24FNS/c1-3-9-18-15-8-7-12(2)10-16(15)19-14-6-4-5-13(17)11-14/h4-6,11-12,15-16,18H,3,7-10H2,1-2H3. The lowest BCUT2D eigenvalue weighted by molar-refractivity contribution is 0.317. The monoisotopic (exact) mass is 281 g/mol. The van der Waals surface area contributed by atoms with Crippen molar-refractivity contribution in [3.63, 3.8) is 0 Å². The van der Waals surface area contributed by atoms with Crippen LogP contribution in [0.1, 0.15) is 39.5 Å². The molecular formula is C16H24FNS. The molecule has 1 nitrogen and oxygen atoms in total. The van der Waals surface area contributed by atoms with E-state index in [1.165, 1.54) is 31.7 Å². The summed E-state index contributed by atoms with van der Waals surface area (Å²) in [5.41, 5.74) is 0. The molecule has 3 unspecified atom stereocenters. The Morgan fingerprint density at radius 3 is 2.95 bits per heavy atom. The maximum Gasteiger partial charge on any atom is 0.124 e. The highest BCUT2D eigenvalue weighted by molar-refractivity contribution is 8.00. The maximum absolute atomic E-state index is 13.3. The van der Waals surface area contributed by atoms with Gasteiger partial charge in [-0.2, -0.15) is 0 Å². The van der Waals surface area contributed by atoms with E-state index in [9.17, 15) is 4.39 Å². The normalized spacial score (nSPS) is 27.4. The fourth-order valence-corrected chi connectivity index (χ4v) is 4.25. The van der Waals surface area contributed by atoms with Crippen molar-refractivity contribution in [2.24, 2.45) is 5.92 Å². The molecule has 3 atom stereocenters. The molecule has 106 valence electrons. The van der Waals surface area contributed by atoms with Gasteiger partial charge in [0.1, 0.15) is 5.82 Å². The van der Waals surface area contributed by atoms with Gasteiger partial charge in [0.05, 0.1) is 0 Å². The van der Waals surface area contributed by atoms with Crippen molar-refractivity contribution in [3.8, 4) is 0 Å². The molecule has 0 saturated heterocycles. The van der Waals surface area contributed by atoms with Crippen molar-refractivity contribution < 1.29 is 4.39 Å². The smallest absolute Gasteiger partial charge is 0.124 e. The quantitative estimate of drug-likeness (QED) is 0.854. The summed E-state index contributed by atoms with van der Waals surface area (Å²) in [6, 6.07) is 7.56. The largest absolute Gasteiger partial charge is 0.313 e. The number of rotatable bonds is 5. The molecule has 1 aliphatic carbocycles. The van der Waals surface area contributed by atoms with Gasteiger partial charge in [-0.05, 0) is 56.3 Å². The lowest BCUT2D eigenvalue weighted by Crippen LogP contribution is -2.42. The minimum Gasteiger partial charge on any atom is -0.313 e. The fourth-order valence-electron chi connectivity index (χ4n) is 2.74. The fraction of sp³-hybridized carbons (Fsp3) is 0.625. The minimum absolute atomic E-state index is 0.132. The van der Waals surface area contributed by atoms with Gasteiger partial charge in [-0.3, -0.25) is 0 Å². The van der Waals surface area contributed by atoms with Crippen LogP contribution in [0.3, 0.4) is 0 Å². The van der Waals surface area contributed by atoms with Crippen molar-refractivity contribution in [1.29, 1.82) is 0 Å². The third-order valence-corrected chi connectivity index (χ3v) is 5.14. The molecule has 19 heavy (non-hydrogen) atoms. The van der Waals surface area contributed by atoms with Crippen LogP contribution >= 0.6 is 11.8 Å². The van der Waals surface area contributed by atoms with Crippen LogP contribution in [0.15, 0.2) is 29.2 Å². The first-order chi connectivity index (χ1) is 9.19. The van der Waals surface area contributed by atoms with Crippen molar-refractivity contribution in [2.45, 2.75) is 55.7 Å². The summed E-state index contributed by atoms with van der Waals surface area (Å²) in [5, 5.41) is 4.23. The molecule has 0 aliphatic heterocycles. The van der Waals surface area contributed by atoms with Crippen LogP contribution in [0.4, 0.5) is 4.39 Å². The number of benzene rings is 1. The van der Waals surface area contributed by atoms with Gasteiger partial charge in [0.15, 0.2) is 0 Å². The molecule has 0 radical (unpaired) electrons. The zero-order chi connectivity index (χ0) is 13.7. The predicted octanol–water partition coefficient (Wildman–Crippen LogP) is 4.47. The SMILES string of the molecule is CCCNC1CCC(C)CC1Sc1cccc(F)c1. The molecule has 1 aromatic rings. The van der Waals surface area contributed by atoms with Crippen LogP contribution < -0.4 is 5.32 Å². The molecule has 3 heteroatoms. The average molecular weight is 281 g/mol. The highest BCUT2D eigenvalue weighted by atomic mass is 32.2. The van der Waals surface area contributed by atoms with E-state index in [0.29, 0.717) is 11.3 Å². The molecule has 0 spiro atoms. The van der Waals surface area contributed by atoms with E-state index in [2.05, 4.69) is 19.2 Å². The maximum atomic E-state index is 13.3. The van der Waals surface area contributed by atoms with E-state index in [-0.39, 0.29) is 5.82 Å². The number of hydrogen-bond acceptors (Lipinski definition) is 2. The Kier molecular flexibility index (Phi) is 5.71. The van der Waals surface area contributed by atoms with Crippen molar-refractivity contribution in [1.82, 2.24) is 5.32 Å². The second-order valence-corrected chi connectivity index (χ2v) is 6.91. The Hall–Kier alpha value is -0.540. The molecule has 1 N–H and O–H groups in total. The Labute approximate surface area is 120 Å². The molecule has 1 fully saturated rings. The highest BCUT2D eigenvalue weighted by Crippen LogP contribution is 2.36. The summed E-state index contributed by atoms with van der Waals surface area (Å²) in [5.74, 6) is 0.651. The predicted molar refractivity (Wildman–Crippen MR) is 81.1 cm³/mol. The second-order valence-electron chi connectivity index (χ2n) is 5.59. The van der Waals surface area contributed by atoms with Gasteiger partial charge in [0.25, 0.3) is 0 Å². The molecule has 2 rings (SSSR count). The summed E-state index contributed by atoms with van der Waals surface area (Å²) in [6.07, 6.45) is 4.95. The zero-order valence-corrected chi connectivity index (χ0v) is 12.7. The number of thioether (sulfide) groups is 1. The van der Waals surface area contributed by atoms with E-state index >= 15 is 0 Å². The Morgan fingerprint density at radius 1 is 1.37 bits per heavy atom. The van der Waals surface area contributed by atoms with Crippen LogP contribution in [-0.4, -0.2) is 17.8 Å².